The van der Waals surface area contributed by atoms with E-state index in [0.29, 0.717) is 12.5 Å². The molecule has 0 aromatic heterocycles. The van der Waals surface area contributed by atoms with Gasteiger partial charge < -0.3 is 19.1 Å². The van der Waals surface area contributed by atoms with Gasteiger partial charge in [-0.3, -0.25) is 9.59 Å². The summed E-state index contributed by atoms with van der Waals surface area (Å²) in [5.74, 6) is 0.555. The maximum atomic E-state index is 12.8. The SMILES string of the molecule is CCOC(=O)C1CCN(C[C@H]2C(=O)O[C@@H]3C[C@@]4(C)CCC[C@H](C)[C@@]45O[C@@H]5[C@@H]32)CC1. The topological polar surface area (TPSA) is 68.4 Å². The molecule has 0 bridgehead atoms. The van der Waals surface area contributed by atoms with E-state index in [4.69, 9.17) is 14.2 Å². The Morgan fingerprint density at radius 1 is 1.28 bits per heavy atom. The number of ether oxygens (including phenoxy) is 3. The third kappa shape index (κ3) is 2.88. The van der Waals surface area contributed by atoms with E-state index in [9.17, 15) is 9.59 Å². The molecule has 0 radical (unpaired) electrons. The summed E-state index contributed by atoms with van der Waals surface area (Å²) in [7, 11) is 0. The fraction of sp³-hybridized carbons (Fsp3) is 0.913. The predicted octanol–water partition coefficient (Wildman–Crippen LogP) is 2.79. The number of carbonyl (C=O) groups excluding carboxylic acids is 2. The molecule has 0 N–H and O–H groups in total. The Hall–Kier alpha value is -1.14. The van der Waals surface area contributed by atoms with Crippen molar-refractivity contribution in [1.29, 1.82) is 0 Å². The van der Waals surface area contributed by atoms with Gasteiger partial charge in [-0.05, 0) is 58.0 Å². The lowest BCUT2D eigenvalue weighted by Gasteiger charge is -2.49. The van der Waals surface area contributed by atoms with Gasteiger partial charge in [-0.1, -0.05) is 20.3 Å². The van der Waals surface area contributed by atoms with Crippen LogP contribution in [0, 0.1) is 29.1 Å². The Balaban J connectivity index is 1.26. The molecule has 0 aromatic rings. The van der Waals surface area contributed by atoms with Crippen molar-refractivity contribution < 1.29 is 23.8 Å². The van der Waals surface area contributed by atoms with Crippen molar-refractivity contribution in [3.63, 3.8) is 0 Å². The molecule has 0 amide bonds. The molecule has 2 aliphatic carbocycles. The molecule has 3 aliphatic heterocycles. The number of nitrogens with zero attached hydrogens (tertiary/aromatic N) is 1. The van der Waals surface area contributed by atoms with E-state index in [1.165, 1.54) is 19.3 Å². The molecule has 2 saturated carbocycles. The minimum atomic E-state index is -0.0952. The summed E-state index contributed by atoms with van der Waals surface area (Å²) in [6.07, 6.45) is 6.42. The van der Waals surface area contributed by atoms with E-state index in [-0.39, 0.29) is 52.9 Å². The zero-order valence-corrected chi connectivity index (χ0v) is 18.0. The Kier molecular flexibility index (Phi) is 4.74. The first-order chi connectivity index (χ1) is 13.9. The lowest BCUT2D eigenvalue weighted by molar-refractivity contribution is -0.150. The molecule has 0 aromatic carbocycles. The molecular formula is C23H35NO5. The number of likely N-dealkylation sites (tertiary alicyclic amines) is 1. The van der Waals surface area contributed by atoms with Crippen molar-refractivity contribution in [1.82, 2.24) is 4.90 Å². The quantitative estimate of drug-likeness (QED) is 0.529. The van der Waals surface area contributed by atoms with E-state index in [2.05, 4.69) is 18.7 Å². The number of hydrogen-bond acceptors (Lipinski definition) is 6. The van der Waals surface area contributed by atoms with E-state index >= 15 is 0 Å². The average Bonchev–Trinajstić information content (AvgIpc) is 3.37. The Labute approximate surface area is 173 Å². The summed E-state index contributed by atoms with van der Waals surface area (Å²) in [6.45, 7) is 9.41. The molecule has 5 aliphatic rings. The van der Waals surface area contributed by atoms with Gasteiger partial charge in [-0.25, -0.2) is 0 Å². The second-order valence-corrected chi connectivity index (χ2v) is 10.4. The molecular weight excluding hydrogens is 370 g/mol. The van der Waals surface area contributed by atoms with Crippen LogP contribution in [0.3, 0.4) is 0 Å². The first-order valence-electron chi connectivity index (χ1n) is 11.7. The largest absolute Gasteiger partial charge is 0.466 e. The van der Waals surface area contributed by atoms with Crippen LogP contribution in [0.15, 0.2) is 0 Å². The van der Waals surface area contributed by atoms with Gasteiger partial charge in [0.2, 0.25) is 0 Å². The van der Waals surface area contributed by atoms with Gasteiger partial charge in [0.25, 0.3) is 0 Å². The van der Waals surface area contributed by atoms with Crippen LogP contribution in [0.2, 0.25) is 0 Å². The van der Waals surface area contributed by atoms with Gasteiger partial charge in [0.05, 0.1) is 24.5 Å². The van der Waals surface area contributed by atoms with Crippen LogP contribution in [0.1, 0.15) is 59.3 Å². The first kappa shape index (κ1) is 19.8. The molecule has 6 heteroatoms. The molecule has 7 atom stereocenters. The monoisotopic (exact) mass is 405 g/mol. The summed E-state index contributed by atoms with van der Waals surface area (Å²) in [4.78, 5) is 27.2. The Bertz CT molecular complexity index is 689. The van der Waals surface area contributed by atoms with Gasteiger partial charge in [0, 0.05) is 17.9 Å². The van der Waals surface area contributed by atoms with Crippen LogP contribution in [0.5, 0.6) is 0 Å². The van der Waals surface area contributed by atoms with Gasteiger partial charge in [0.1, 0.15) is 11.7 Å². The molecule has 6 nitrogen and oxygen atoms in total. The zero-order chi connectivity index (χ0) is 20.4. The Morgan fingerprint density at radius 2 is 2.03 bits per heavy atom. The van der Waals surface area contributed by atoms with Gasteiger partial charge in [-0.15, -0.1) is 0 Å². The number of esters is 2. The normalized spacial score (nSPS) is 47.0. The van der Waals surface area contributed by atoms with Crippen LogP contribution in [-0.4, -0.2) is 60.9 Å². The van der Waals surface area contributed by atoms with Gasteiger partial charge in [0.15, 0.2) is 0 Å². The van der Waals surface area contributed by atoms with E-state index < -0.39 is 0 Å². The first-order valence-corrected chi connectivity index (χ1v) is 11.7. The average molecular weight is 406 g/mol. The summed E-state index contributed by atoms with van der Waals surface area (Å²) in [5, 5.41) is 0. The summed E-state index contributed by atoms with van der Waals surface area (Å²) >= 11 is 0. The highest BCUT2D eigenvalue weighted by Crippen LogP contribution is 2.70. The van der Waals surface area contributed by atoms with E-state index in [1.54, 1.807) is 0 Å². The van der Waals surface area contributed by atoms with Crippen molar-refractivity contribution in [2.24, 2.45) is 29.1 Å². The fourth-order valence-electron chi connectivity index (χ4n) is 7.33. The number of piperidine rings is 1. The van der Waals surface area contributed by atoms with Crippen molar-refractivity contribution in [3.05, 3.63) is 0 Å². The number of epoxide rings is 1. The van der Waals surface area contributed by atoms with Crippen LogP contribution in [0.4, 0.5) is 0 Å². The molecule has 3 saturated heterocycles. The second-order valence-electron chi connectivity index (χ2n) is 10.4. The molecule has 162 valence electrons. The van der Waals surface area contributed by atoms with Gasteiger partial charge >= 0.3 is 11.9 Å². The molecule has 3 heterocycles. The van der Waals surface area contributed by atoms with Crippen molar-refractivity contribution >= 4 is 11.9 Å². The minimum absolute atomic E-state index is 0.00277. The molecule has 1 spiro atoms. The van der Waals surface area contributed by atoms with Gasteiger partial charge in [-0.2, -0.15) is 0 Å². The summed E-state index contributed by atoms with van der Waals surface area (Å²) < 4.78 is 17.6. The lowest BCUT2D eigenvalue weighted by Crippen LogP contribution is -2.54. The molecule has 29 heavy (non-hydrogen) atoms. The third-order valence-electron chi connectivity index (χ3n) is 8.86. The maximum absolute atomic E-state index is 12.8. The van der Waals surface area contributed by atoms with Crippen LogP contribution >= 0.6 is 0 Å². The van der Waals surface area contributed by atoms with Crippen LogP contribution in [0.25, 0.3) is 0 Å². The summed E-state index contributed by atoms with van der Waals surface area (Å²) in [6, 6.07) is 0. The highest BCUT2D eigenvalue weighted by Gasteiger charge is 2.78. The van der Waals surface area contributed by atoms with Crippen LogP contribution < -0.4 is 0 Å². The Morgan fingerprint density at radius 3 is 2.76 bits per heavy atom. The van der Waals surface area contributed by atoms with E-state index in [1.807, 2.05) is 6.92 Å². The molecule has 5 fully saturated rings. The third-order valence-corrected chi connectivity index (χ3v) is 8.86. The predicted molar refractivity (Wildman–Crippen MR) is 106 cm³/mol. The highest BCUT2D eigenvalue weighted by molar-refractivity contribution is 5.76. The standard InChI is InChI=1S/C23H35NO5/c1-4-27-20(25)15-7-10-24(11-8-15)13-16-18-17(28-21(16)26)12-22(3)9-5-6-14(2)23(22)19(18)29-23/h14-19H,4-13H2,1-3H3/t14-,16+,17+,18+,19+,22+,23-/m0/s1. The van der Waals surface area contributed by atoms with Crippen molar-refractivity contribution in [2.75, 3.05) is 26.2 Å². The minimum Gasteiger partial charge on any atom is -0.466 e. The van der Waals surface area contributed by atoms with Crippen molar-refractivity contribution in [3.8, 4) is 0 Å². The fourth-order valence-corrected chi connectivity index (χ4v) is 7.33. The highest BCUT2D eigenvalue weighted by atomic mass is 16.6. The summed E-state index contributed by atoms with van der Waals surface area (Å²) in [5.41, 5.74) is 0.110. The smallest absolute Gasteiger partial charge is 0.311 e. The molecule has 0 unspecified atom stereocenters. The molecule has 5 rings (SSSR count). The van der Waals surface area contributed by atoms with Crippen LogP contribution in [-0.2, 0) is 23.8 Å². The number of rotatable bonds is 4. The number of carbonyl (C=O) groups is 2. The van der Waals surface area contributed by atoms with E-state index in [0.717, 1.165) is 38.9 Å². The second kappa shape index (κ2) is 6.94. The maximum Gasteiger partial charge on any atom is 0.311 e. The van der Waals surface area contributed by atoms with Crippen molar-refractivity contribution in [2.45, 2.75) is 77.1 Å². The zero-order valence-electron chi connectivity index (χ0n) is 18.0. The number of fused-ring (bicyclic) bond motifs is 2. The lowest BCUT2D eigenvalue weighted by atomic mass is 9.53. The number of hydrogen-bond donors (Lipinski definition) is 0.